The number of sulfone groups is 1. The van der Waals surface area contributed by atoms with Gasteiger partial charge in [0.2, 0.25) is 17.7 Å². The third-order valence-corrected chi connectivity index (χ3v) is 35.6. The van der Waals surface area contributed by atoms with Gasteiger partial charge in [-0.3, -0.25) is 18.6 Å². The van der Waals surface area contributed by atoms with Crippen LogP contribution in [0.25, 0.3) is 0 Å². The molecular weight excluding hydrogens is 1100 g/mol. The van der Waals surface area contributed by atoms with Crippen molar-refractivity contribution in [1.29, 1.82) is 0 Å². The molecule has 470 valence electrons. The van der Waals surface area contributed by atoms with Crippen molar-refractivity contribution in [2.45, 2.75) is 271 Å². The van der Waals surface area contributed by atoms with Crippen molar-refractivity contribution in [3.63, 3.8) is 0 Å². The first-order chi connectivity index (χ1) is 39.7. The monoisotopic (exact) mass is 1210 g/mol. The van der Waals surface area contributed by atoms with Crippen molar-refractivity contribution in [2.24, 2.45) is 97.6 Å². The number of amides is 3. The highest BCUT2D eigenvalue weighted by molar-refractivity contribution is 8.00. The molecule has 0 spiro atoms. The van der Waals surface area contributed by atoms with Crippen LogP contribution in [-0.2, 0) is 35.0 Å². The lowest BCUT2D eigenvalue weighted by Crippen LogP contribution is -2.88. The van der Waals surface area contributed by atoms with Crippen LogP contribution in [0.5, 0.6) is 0 Å². The van der Waals surface area contributed by atoms with Crippen LogP contribution in [0.15, 0.2) is 0 Å². The number of carbonyl (C=O) groups excluding carboxylic acids is 3. The third kappa shape index (κ3) is 7.55. The molecule has 12 unspecified atom stereocenters. The van der Waals surface area contributed by atoms with Gasteiger partial charge in [0.15, 0.2) is 9.84 Å². The lowest BCUT2D eigenvalue weighted by Gasteiger charge is -2.80. The second-order valence-electron chi connectivity index (χ2n) is 34.4. The number of nitrogens with zero attached hydrogens (tertiary/aromatic N) is 3. The van der Waals surface area contributed by atoms with Gasteiger partial charge in [0.1, 0.15) is 10.5 Å². The Hall–Kier alpha value is -1.26. The molecule has 3 amide bonds. The quantitative estimate of drug-likeness (QED) is 0.183. The minimum Gasteiger partial charge on any atom is -0.341 e. The molecule has 27 atom stereocenters. The minimum atomic E-state index is -3.86. The van der Waals surface area contributed by atoms with Gasteiger partial charge in [-0.1, -0.05) is 41.5 Å². The van der Waals surface area contributed by atoms with Gasteiger partial charge in [0, 0.05) is 104 Å². The second kappa shape index (κ2) is 19.4. The van der Waals surface area contributed by atoms with Crippen molar-refractivity contribution in [2.75, 3.05) is 39.9 Å². The molecule has 0 aromatic carbocycles. The number of hydrogen-bond donors (Lipinski definition) is 3. The lowest BCUT2D eigenvalue weighted by atomic mass is 9.31. The molecule has 3 N–H and O–H groups in total. The Labute approximate surface area is 513 Å². The maximum absolute atomic E-state index is 17.2. The van der Waals surface area contributed by atoms with E-state index in [0.717, 1.165) is 70.6 Å². The molecule has 15 fully saturated rings. The van der Waals surface area contributed by atoms with E-state index in [1.54, 1.807) is 11.8 Å². The minimum absolute atomic E-state index is 0.00960. The zero-order valence-corrected chi connectivity index (χ0v) is 56.3. The van der Waals surface area contributed by atoms with Gasteiger partial charge in [-0.2, -0.15) is 11.8 Å². The van der Waals surface area contributed by atoms with Crippen LogP contribution in [0.3, 0.4) is 0 Å². The summed E-state index contributed by atoms with van der Waals surface area (Å²) in [6.07, 6.45) is 32.2. The van der Waals surface area contributed by atoms with Crippen molar-refractivity contribution < 1.29 is 27.0 Å². The largest absolute Gasteiger partial charge is 0.341 e. The first-order valence-corrected chi connectivity index (χ1v) is 39.7. The van der Waals surface area contributed by atoms with Crippen LogP contribution >= 0.6 is 11.8 Å². The fraction of sp³-hybridized carbons (Fsp3) is 0.957. The normalized spacial score (nSPS) is 55.4. The zero-order chi connectivity index (χ0) is 59.2. The summed E-state index contributed by atoms with van der Waals surface area (Å²) < 4.78 is 45.1. The van der Waals surface area contributed by atoms with Gasteiger partial charge in [-0.05, 0) is 247 Å². The topological polar surface area (TPSA) is 148 Å². The number of likely N-dealkylation sites (tertiary alicyclic amines) is 3. The SMILES string of the molecule is CSC1C(=O)N(C)C2CC[C@@H]3[C@@H](CC[C@]4(C)C(NC5CC5)CC[C@@H]34)[C@@]2(C)C1C12CC[C@@H]3[C@@H](CC[C@]4(C)C(NC5CC5)CC[C@@H]34)[C@@]1(C)C(C13CC[C@@H]4[C@@H](CC[C@]5(C)C(NC6CC6)CC[C@@H]45)[C@@]1(C)CC(S(C)(=O)=O)C(=O)N3C)C(S(C)=O)C(=O)N2C. The molecule has 3 aliphatic heterocycles. The molecule has 0 aromatic rings. The fourth-order valence-corrected chi connectivity index (χ4v) is 31.7. The predicted octanol–water partition coefficient (Wildman–Crippen LogP) is 9.85. The maximum Gasteiger partial charge on any atom is 0.241 e. The number of rotatable bonds is 11. The van der Waals surface area contributed by atoms with Crippen molar-refractivity contribution in [1.82, 2.24) is 30.7 Å². The van der Waals surface area contributed by atoms with Crippen LogP contribution in [0.4, 0.5) is 0 Å². The summed E-state index contributed by atoms with van der Waals surface area (Å²) in [5.41, 5.74) is -3.20. The smallest absolute Gasteiger partial charge is 0.241 e. The van der Waals surface area contributed by atoms with Crippen molar-refractivity contribution >= 4 is 50.1 Å². The molecule has 3 heterocycles. The summed E-state index contributed by atoms with van der Waals surface area (Å²) in [4.78, 5) is 56.0. The Morgan fingerprint density at radius 1 is 0.512 bits per heavy atom. The van der Waals surface area contributed by atoms with Gasteiger partial charge in [0.05, 0.1) is 16.3 Å². The van der Waals surface area contributed by atoms with Crippen LogP contribution < -0.4 is 16.0 Å². The van der Waals surface area contributed by atoms with Crippen LogP contribution in [0.1, 0.15) is 202 Å². The van der Waals surface area contributed by atoms with Crippen molar-refractivity contribution in [3.8, 4) is 0 Å². The molecule has 0 bridgehead atoms. The molecule has 15 rings (SSSR count). The van der Waals surface area contributed by atoms with E-state index in [9.17, 15) is 8.42 Å². The number of fused-ring (bicyclic) bond motifs is 15. The molecule has 15 heteroatoms. The molecule has 12 saturated carbocycles. The standard InChI is InChI=1S/C69H110N6O6S3/c1-62-32-29-47-42(45(62)21-24-51(62)70-38-13-14-38)27-35-68(65(47,4)37-50(84(12,80)81)59(76)74(68)8)58-56(83(11)79)61(78)75(9)69(36-28-43-46-22-25-53(72-40-17-18-40)64(46,3)34-31-49(43)67(58,69)6)57-55(82-10)60(77)73(7)54-26-19-41-44-20-23-52(71-39-15-16-39)63(44,2)33-30-48(41)66(54,57)5/h38-58,70-72H,13-37H2,1-12H3/t41-,42-,43-,44-,45-,46-,47+,48+,49+,50?,51?,52?,53?,54?,55?,56?,57?,58?,62-,63-,64-,65+,66+,67-,68?,69?,83?/m0/s1. The lowest BCUT2D eigenvalue weighted by molar-refractivity contribution is -0.286. The number of hydrogen-bond acceptors (Lipinski definition) is 10. The van der Waals surface area contributed by atoms with Gasteiger partial charge in [0.25, 0.3) is 0 Å². The van der Waals surface area contributed by atoms with E-state index >= 15 is 18.6 Å². The summed E-state index contributed by atoms with van der Waals surface area (Å²) in [6.45, 7) is 15.6. The summed E-state index contributed by atoms with van der Waals surface area (Å²) in [7, 11) is 0.719. The van der Waals surface area contributed by atoms with Gasteiger partial charge >= 0.3 is 0 Å². The molecule has 3 saturated heterocycles. The van der Waals surface area contributed by atoms with E-state index in [4.69, 9.17) is 0 Å². The van der Waals surface area contributed by atoms with Crippen LogP contribution in [-0.4, -0.2) is 154 Å². The zero-order valence-electron chi connectivity index (χ0n) is 53.8. The van der Waals surface area contributed by atoms with Crippen LogP contribution in [0, 0.1) is 97.6 Å². The first-order valence-electron chi connectivity index (χ1n) is 34.9. The second-order valence-corrected chi connectivity index (χ2v) is 39.1. The first kappa shape index (κ1) is 59.1. The highest BCUT2D eigenvalue weighted by Gasteiger charge is 2.84. The average molecular weight is 1220 g/mol. The molecule has 12 aliphatic carbocycles. The summed E-state index contributed by atoms with van der Waals surface area (Å²) in [5, 5.41) is 10.0. The molecular formula is C69H110N6O6S3. The predicted molar refractivity (Wildman–Crippen MR) is 336 cm³/mol. The highest BCUT2D eigenvalue weighted by atomic mass is 32.2. The van der Waals surface area contributed by atoms with Gasteiger partial charge in [-0.15, -0.1) is 0 Å². The van der Waals surface area contributed by atoms with E-state index in [1.807, 2.05) is 18.2 Å². The van der Waals surface area contributed by atoms with E-state index in [2.05, 4.69) is 87.6 Å². The van der Waals surface area contributed by atoms with Gasteiger partial charge < -0.3 is 30.7 Å². The van der Waals surface area contributed by atoms with E-state index in [-0.39, 0.29) is 69.6 Å². The highest BCUT2D eigenvalue weighted by Crippen LogP contribution is 2.80. The number of thioether (sulfide) groups is 1. The Morgan fingerprint density at radius 3 is 1.44 bits per heavy atom. The molecule has 0 aromatic heterocycles. The molecule has 12 nitrogen and oxygen atoms in total. The summed E-state index contributed by atoms with van der Waals surface area (Å²) >= 11 is 1.75. The number of nitrogens with one attached hydrogen (secondary N) is 3. The fourth-order valence-electron chi connectivity index (χ4n) is 28.0. The number of piperidine rings is 3. The van der Waals surface area contributed by atoms with Crippen molar-refractivity contribution in [3.05, 3.63) is 0 Å². The van der Waals surface area contributed by atoms with Crippen LogP contribution in [0.2, 0.25) is 0 Å². The molecule has 84 heavy (non-hydrogen) atoms. The average Bonchev–Trinajstić information content (AvgIpc) is 1.09. The summed E-state index contributed by atoms with van der Waals surface area (Å²) in [6, 6.07) is 3.39. The summed E-state index contributed by atoms with van der Waals surface area (Å²) in [5.74, 6) is 2.43. The Balaban J connectivity index is 0.952. The third-order valence-electron chi connectivity index (χ3n) is 32.0. The van der Waals surface area contributed by atoms with E-state index in [0.29, 0.717) is 84.1 Å². The molecule has 0 radical (unpaired) electrons. The molecule has 15 aliphatic rings. The number of carbonyl (C=O) groups is 3. The Morgan fingerprint density at radius 2 is 0.964 bits per heavy atom. The van der Waals surface area contributed by atoms with Gasteiger partial charge in [-0.25, -0.2) is 8.42 Å². The Kier molecular flexibility index (Phi) is 13.6. The maximum atomic E-state index is 17.2. The Bertz CT molecular complexity index is 2870. The van der Waals surface area contributed by atoms with E-state index in [1.165, 1.54) is 83.3 Å². The van der Waals surface area contributed by atoms with E-state index < -0.39 is 64.2 Å².